The van der Waals surface area contributed by atoms with Gasteiger partial charge in [0.1, 0.15) is 5.75 Å². The van der Waals surface area contributed by atoms with Gasteiger partial charge in [-0.05, 0) is 32.9 Å². The smallest absolute Gasteiger partial charge is 0.480 e. The largest absolute Gasteiger partial charge is 0.750 e. The second kappa shape index (κ2) is 6.06. The summed E-state index contributed by atoms with van der Waals surface area (Å²) in [4.78, 5) is 2.33. The standard InChI is InChI=1S/C15H23NO4Si/c1-12-9-16-10-13(2)18-21(17-12,19-14(3)11-16)20-15-7-5-4-6-8-15/h4-8,12-14H,9-11H2,1-3H3. The molecule has 0 radical (unpaired) electrons. The van der Waals surface area contributed by atoms with Crippen LogP contribution in [0.15, 0.2) is 30.3 Å². The molecule has 3 saturated heterocycles. The van der Waals surface area contributed by atoms with Gasteiger partial charge in [0, 0.05) is 19.6 Å². The Hall–Kier alpha value is -0.923. The van der Waals surface area contributed by atoms with Gasteiger partial charge >= 0.3 is 9.05 Å². The molecule has 0 saturated carbocycles. The van der Waals surface area contributed by atoms with E-state index in [-0.39, 0.29) is 18.3 Å². The van der Waals surface area contributed by atoms with Crippen molar-refractivity contribution in [2.45, 2.75) is 39.1 Å². The van der Waals surface area contributed by atoms with Gasteiger partial charge in [-0.2, -0.15) is 0 Å². The molecule has 3 heterocycles. The van der Waals surface area contributed by atoms with E-state index in [1.54, 1.807) is 0 Å². The molecule has 6 heteroatoms. The Morgan fingerprint density at radius 1 is 0.905 bits per heavy atom. The quantitative estimate of drug-likeness (QED) is 0.782. The van der Waals surface area contributed by atoms with E-state index >= 15 is 0 Å². The average Bonchev–Trinajstić information content (AvgIpc) is 2.35. The Morgan fingerprint density at radius 3 is 1.86 bits per heavy atom. The fraction of sp³-hybridized carbons (Fsp3) is 0.600. The van der Waals surface area contributed by atoms with E-state index in [9.17, 15) is 0 Å². The number of benzene rings is 1. The Labute approximate surface area is 127 Å². The Morgan fingerprint density at radius 2 is 1.38 bits per heavy atom. The maximum Gasteiger partial charge on any atom is 0.750 e. The normalized spacial score (nSPS) is 40.1. The fourth-order valence-electron chi connectivity index (χ4n) is 2.95. The van der Waals surface area contributed by atoms with E-state index in [1.807, 2.05) is 51.1 Å². The zero-order valence-corrected chi connectivity index (χ0v) is 13.8. The highest BCUT2D eigenvalue weighted by Gasteiger charge is 2.55. The zero-order chi connectivity index (χ0) is 14.9. The summed E-state index contributed by atoms with van der Waals surface area (Å²) < 4.78 is 24.5. The van der Waals surface area contributed by atoms with Gasteiger partial charge in [-0.15, -0.1) is 0 Å². The molecule has 0 aromatic heterocycles. The second-order valence-electron chi connectivity index (χ2n) is 5.92. The SMILES string of the molecule is CC1CN2CC(C)O[Si](Oc3ccccc3)(O1)OC(C)C2. The van der Waals surface area contributed by atoms with Crippen LogP contribution < -0.4 is 4.43 Å². The average molecular weight is 309 g/mol. The van der Waals surface area contributed by atoms with Crippen molar-refractivity contribution in [1.82, 2.24) is 4.90 Å². The molecule has 3 aliphatic heterocycles. The lowest BCUT2D eigenvalue weighted by molar-refractivity contribution is -0.112. The lowest BCUT2D eigenvalue weighted by Gasteiger charge is -2.43. The van der Waals surface area contributed by atoms with Gasteiger partial charge in [0.25, 0.3) is 0 Å². The molecule has 116 valence electrons. The van der Waals surface area contributed by atoms with E-state index in [4.69, 9.17) is 17.7 Å². The van der Waals surface area contributed by atoms with Gasteiger partial charge in [-0.25, -0.2) is 0 Å². The van der Waals surface area contributed by atoms with Gasteiger partial charge in [0.15, 0.2) is 0 Å². The highest BCUT2D eigenvalue weighted by atomic mass is 28.4. The molecule has 3 unspecified atom stereocenters. The summed E-state index contributed by atoms with van der Waals surface area (Å²) in [5.41, 5.74) is 0. The molecular weight excluding hydrogens is 286 g/mol. The first kappa shape index (κ1) is 15.0. The maximum absolute atomic E-state index is 6.13. The van der Waals surface area contributed by atoms with Crippen LogP contribution in [0.2, 0.25) is 0 Å². The van der Waals surface area contributed by atoms with Crippen LogP contribution in [0.25, 0.3) is 0 Å². The third-order valence-corrected chi connectivity index (χ3v) is 6.13. The predicted octanol–water partition coefficient (Wildman–Crippen LogP) is 2.05. The minimum absolute atomic E-state index is 0.0281. The van der Waals surface area contributed by atoms with Gasteiger partial charge in [0.05, 0.1) is 18.3 Å². The maximum atomic E-state index is 6.13. The summed E-state index contributed by atoms with van der Waals surface area (Å²) in [5, 5.41) is 0. The van der Waals surface area contributed by atoms with E-state index in [0.717, 1.165) is 25.4 Å². The molecule has 3 atom stereocenters. The molecule has 2 bridgehead atoms. The van der Waals surface area contributed by atoms with Crippen molar-refractivity contribution in [2.24, 2.45) is 0 Å². The van der Waals surface area contributed by atoms with Crippen molar-refractivity contribution < 1.29 is 17.7 Å². The topological polar surface area (TPSA) is 40.2 Å². The number of para-hydroxylation sites is 1. The number of hydrogen-bond acceptors (Lipinski definition) is 5. The van der Waals surface area contributed by atoms with E-state index < -0.39 is 9.05 Å². The molecule has 0 spiro atoms. The molecule has 5 nitrogen and oxygen atoms in total. The van der Waals surface area contributed by atoms with Gasteiger partial charge < -0.3 is 17.7 Å². The van der Waals surface area contributed by atoms with E-state index in [0.29, 0.717) is 0 Å². The van der Waals surface area contributed by atoms with Crippen LogP contribution in [0.1, 0.15) is 20.8 Å². The Bertz CT molecular complexity index is 436. The zero-order valence-electron chi connectivity index (χ0n) is 12.8. The minimum Gasteiger partial charge on any atom is -0.480 e. The summed E-state index contributed by atoms with van der Waals surface area (Å²) in [6.07, 6.45) is 0.0844. The molecule has 1 aromatic carbocycles. The molecule has 0 amide bonds. The molecule has 0 N–H and O–H groups in total. The first-order chi connectivity index (χ1) is 10.0. The molecule has 21 heavy (non-hydrogen) atoms. The lowest BCUT2D eigenvalue weighted by atomic mass is 10.2. The summed E-state index contributed by atoms with van der Waals surface area (Å²) in [6.45, 7) is 8.78. The van der Waals surface area contributed by atoms with Gasteiger partial charge in [0.2, 0.25) is 0 Å². The molecule has 1 aromatic rings. The summed E-state index contributed by atoms with van der Waals surface area (Å²) in [7, 11) is -3.18. The van der Waals surface area contributed by atoms with Crippen molar-refractivity contribution in [3.8, 4) is 5.75 Å². The van der Waals surface area contributed by atoms with Crippen LogP contribution in [0.4, 0.5) is 0 Å². The van der Waals surface area contributed by atoms with Crippen molar-refractivity contribution in [2.75, 3.05) is 19.6 Å². The van der Waals surface area contributed by atoms with Crippen LogP contribution in [0.3, 0.4) is 0 Å². The predicted molar refractivity (Wildman–Crippen MR) is 80.9 cm³/mol. The Balaban J connectivity index is 1.89. The molecule has 3 fully saturated rings. The monoisotopic (exact) mass is 309 g/mol. The first-order valence-corrected chi connectivity index (χ1v) is 9.18. The Kier molecular flexibility index (Phi) is 4.33. The number of nitrogens with zero attached hydrogens (tertiary/aromatic N) is 1. The van der Waals surface area contributed by atoms with Crippen molar-refractivity contribution >= 4 is 9.05 Å². The molecule has 0 aliphatic carbocycles. The summed E-state index contributed by atoms with van der Waals surface area (Å²) in [6, 6.07) is 9.63. The van der Waals surface area contributed by atoms with Crippen molar-refractivity contribution in [1.29, 1.82) is 0 Å². The molecule has 4 rings (SSSR count). The third-order valence-electron chi connectivity index (χ3n) is 3.57. The van der Waals surface area contributed by atoms with E-state index in [2.05, 4.69) is 4.90 Å². The number of rotatable bonds is 2. The van der Waals surface area contributed by atoms with Gasteiger partial charge in [-0.1, -0.05) is 18.2 Å². The van der Waals surface area contributed by atoms with E-state index in [1.165, 1.54) is 0 Å². The lowest BCUT2D eigenvalue weighted by Crippen LogP contribution is -2.64. The summed E-state index contributed by atoms with van der Waals surface area (Å²) in [5.74, 6) is 0.730. The molecule has 3 aliphatic rings. The highest BCUT2D eigenvalue weighted by molar-refractivity contribution is 6.54. The van der Waals surface area contributed by atoms with Crippen LogP contribution in [0, 0.1) is 0 Å². The first-order valence-electron chi connectivity index (χ1n) is 7.54. The van der Waals surface area contributed by atoms with Crippen molar-refractivity contribution in [3.63, 3.8) is 0 Å². The van der Waals surface area contributed by atoms with Crippen LogP contribution in [-0.2, 0) is 13.3 Å². The second-order valence-corrected chi connectivity index (χ2v) is 7.83. The minimum atomic E-state index is -3.18. The fourth-order valence-corrected chi connectivity index (χ4v) is 5.39. The van der Waals surface area contributed by atoms with Gasteiger partial charge in [-0.3, -0.25) is 4.90 Å². The summed E-state index contributed by atoms with van der Waals surface area (Å²) >= 11 is 0. The van der Waals surface area contributed by atoms with Crippen LogP contribution in [0.5, 0.6) is 5.75 Å². The third kappa shape index (κ3) is 3.64. The number of fused-ring (bicyclic) bond motifs is 6. The van der Waals surface area contributed by atoms with Crippen LogP contribution >= 0.6 is 0 Å². The van der Waals surface area contributed by atoms with Crippen LogP contribution in [-0.4, -0.2) is 51.9 Å². The highest BCUT2D eigenvalue weighted by Crippen LogP contribution is 2.27. The number of hydrogen-bond donors (Lipinski definition) is 0. The van der Waals surface area contributed by atoms with Crippen molar-refractivity contribution in [3.05, 3.63) is 30.3 Å². The molecular formula is C15H23NO4Si.